The topological polar surface area (TPSA) is 37.0 Å². The molecule has 0 fully saturated rings. The third-order valence-corrected chi connectivity index (χ3v) is 11.8. The molecule has 2 heterocycles. The van der Waals surface area contributed by atoms with E-state index in [2.05, 4.69) is 210 Å². The van der Waals surface area contributed by atoms with Crippen LogP contribution in [0.2, 0.25) is 0 Å². The van der Waals surface area contributed by atoms with Gasteiger partial charge in [0.15, 0.2) is 0 Å². The Hall–Kier alpha value is -7.33. The highest BCUT2D eigenvalue weighted by molar-refractivity contribution is 6.21. The molecule has 10 aromatic rings. The second kappa shape index (κ2) is 14.3. The molecule has 2 N–H and O–H groups in total. The summed E-state index contributed by atoms with van der Waals surface area (Å²) >= 11 is 0. The number of nitrogens with zero attached hydrogens (tertiary/aromatic N) is 1. The summed E-state index contributed by atoms with van der Waals surface area (Å²) in [6.45, 7) is 0. The first-order valence-corrected chi connectivity index (χ1v) is 20.0. The van der Waals surface area contributed by atoms with Gasteiger partial charge in [-0.3, -0.25) is 10.3 Å². The number of fused-ring (bicyclic) bond motifs is 4. The van der Waals surface area contributed by atoms with Gasteiger partial charge in [-0.2, -0.15) is 0 Å². The zero-order chi connectivity index (χ0) is 38.4. The van der Waals surface area contributed by atoms with E-state index >= 15 is 0 Å². The predicted octanol–water partition coefficient (Wildman–Crippen LogP) is 13.7. The Bertz CT molecular complexity index is 3130. The zero-order valence-electron chi connectivity index (χ0n) is 31.8. The van der Waals surface area contributed by atoms with Crippen molar-refractivity contribution in [3.05, 3.63) is 229 Å². The summed E-state index contributed by atoms with van der Waals surface area (Å²) in [5, 5.41) is 17.9. The Labute approximate surface area is 338 Å². The molecule has 3 nitrogen and oxygen atoms in total. The fourth-order valence-corrected chi connectivity index (χ4v) is 8.93. The highest BCUT2D eigenvalue weighted by Gasteiger charge is 2.25. The number of nitrogens with one attached hydrogen (secondary N) is 2. The minimum Gasteiger partial charge on any atom is -0.366 e. The van der Waals surface area contributed by atoms with Crippen molar-refractivity contribution in [3.63, 3.8) is 0 Å². The first-order valence-electron chi connectivity index (χ1n) is 20.0. The lowest BCUT2D eigenvalue weighted by Crippen LogP contribution is -2.39. The maximum absolute atomic E-state index is 4.34. The van der Waals surface area contributed by atoms with Crippen LogP contribution in [0, 0.1) is 0 Å². The molecule has 0 saturated heterocycles. The van der Waals surface area contributed by atoms with Crippen LogP contribution in [0.1, 0.15) is 28.9 Å². The number of rotatable bonds is 6. The first-order chi connectivity index (χ1) is 28.7. The molecule has 58 heavy (non-hydrogen) atoms. The molecule has 2 atom stereocenters. The summed E-state index contributed by atoms with van der Waals surface area (Å²) in [6, 6.07) is 70.7. The highest BCUT2D eigenvalue weighted by atomic mass is 15.2. The van der Waals surface area contributed by atoms with E-state index in [1.54, 1.807) is 0 Å². The number of pyridine rings is 1. The van der Waals surface area contributed by atoms with Gasteiger partial charge in [-0.1, -0.05) is 170 Å². The third kappa shape index (κ3) is 6.10. The fraction of sp³-hybridized carbons (Fsp3) is 0.0364. The second-order valence-electron chi connectivity index (χ2n) is 15.3. The van der Waals surface area contributed by atoms with Crippen molar-refractivity contribution in [1.29, 1.82) is 0 Å². The number of hydrogen-bond donors (Lipinski definition) is 2. The molecule has 2 unspecified atom stereocenters. The van der Waals surface area contributed by atoms with Gasteiger partial charge < -0.3 is 5.32 Å². The number of hydrogen-bond acceptors (Lipinski definition) is 3. The van der Waals surface area contributed by atoms with Gasteiger partial charge in [-0.15, -0.1) is 0 Å². The lowest BCUT2D eigenvalue weighted by Gasteiger charge is -2.33. The summed E-state index contributed by atoms with van der Waals surface area (Å²) in [5.74, 6) is 0. The minimum absolute atomic E-state index is 0.0257. The molecule has 274 valence electrons. The lowest BCUT2D eigenvalue weighted by atomic mass is 9.85. The molecular weight excluding hydrogens is 703 g/mol. The van der Waals surface area contributed by atoms with Gasteiger partial charge in [0.1, 0.15) is 6.17 Å². The summed E-state index contributed by atoms with van der Waals surface area (Å²) in [6.07, 6.45) is 5.92. The van der Waals surface area contributed by atoms with Gasteiger partial charge in [0.25, 0.3) is 0 Å². The molecule has 0 spiro atoms. The first kappa shape index (κ1) is 34.0. The van der Waals surface area contributed by atoms with Crippen molar-refractivity contribution in [2.75, 3.05) is 0 Å². The van der Waals surface area contributed by atoms with Crippen molar-refractivity contribution in [2.24, 2.45) is 0 Å². The van der Waals surface area contributed by atoms with Crippen LogP contribution in [0.25, 0.3) is 82.2 Å². The molecule has 0 bridgehead atoms. The molecular formula is C55H39N3. The van der Waals surface area contributed by atoms with Crippen molar-refractivity contribution in [3.8, 4) is 33.4 Å². The fourth-order valence-electron chi connectivity index (χ4n) is 8.93. The van der Waals surface area contributed by atoms with Crippen LogP contribution >= 0.6 is 0 Å². The minimum atomic E-state index is -0.149. The largest absolute Gasteiger partial charge is 0.366 e. The standard InChI is InChI=1S/C55H39N3/c1-3-13-40-31-42(28-24-36(40)11-1)52-34-51(39-26-22-38(23-27-39)46-17-10-30-56-35-46)57-55(58-52)45-16-9-15-43(33-45)53-47-18-5-7-20-49(47)54(50-21-8-6-19-48(50)53)44-29-25-37-12-2-4-14-41(37)32-44/h1-35,51,55,57-58H. The van der Waals surface area contributed by atoms with Gasteiger partial charge in [-0.05, 0) is 124 Å². The van der Waals surface area contributed by atoms with E-state index < -0.39 is 0 Å². The van der Waals surface area contributed by atoms with E-state index in [1.165, 1.54) is 82.0 Å². The van der Waals surface area contributed by atoms with E-state index in [0.29, 0.717) is 0 Å². The molecule has 1 aromatic heterocycles. The molecule has 11 rings (SSSR count). The Kier molecular flexibility index (Phi) is 8.38. The molecule has 0 amide bonds. The van der Waals surface area contributed by atoms with E-state index in [1.807, 2.05) is 18.5 Å². The lowest BCUT2D eigenvalue weighted by molar-refractivity contribution is 0.443. The molecule has 1 aliphatic heterocycles. The zero-order valence-corrected chi connectivity index (χ0v) is 31.8. The quantitative estimate of drug-likeness (QED) is 0.167. The van der Waals surface area contributed by atoms with E-state index in [9.17, 15) is 0 Å². The van der Waals surface area contributed by atoms with Crippen molar-refractivity contribution < 1.29 is 0 Å². The molecule has 0 radical (unpaired) electrons. The van der Waals surface area contributed by atoms with Crippen LogP contribution in [0.4, 0.5) is 0 Å². The van der Waals surface area contributed by atoms with E-state index in [-0.39, 0.29) is 12.2 Å². The molecule has 0 saturated carbocycles. The Morgan fingerprint density at radius 2 is 0.914 bits per heavy atom. The highest BCUT2D eigenvalue weighted by Crippen LogP contribution is 2.44. The summed E-state index contributed by atoms with van der Waals surface area (Å²) in [7, 11) is 0. The predicted molar refractivity (Wildman–Crippen MR) is 243 cm³/mol. The van der Waals surface area contributed by atoms with Gasteiger partial charge in [0.2, 0.25) is 0 Å². The molecule has 9 aromatic carbocycles. The smallest absolute Gasteiger partial charge is 0.104 e. The van der Waals surface area contributed by atoms with Crippen molar-refractivity contribution >= 4 is 48.8 Å². The van der Waals surface area contributed by atoms with Crippen LogP contribution in [0.15, 0.2) is 213 Å². The second-order valence-corrected chi connectivity index (χ2v) is 15.3. The van der Waals surface area contributed by atoms with Gasteiger partial charge in [0, 0.05) is 18.1 Å². The van der Waals surface area contributed by atoms with Gasteiger partial charge in [-0.25, -0.2) is 0 Å². The van der Waals surface area contributed by atoms with E-state index in [0.717, 1.165) is 16.8 Å². The monoisotopic (exact) mass is 741 g/mol. The molecule has 1 aliphatic rings. The summed E-state index contributed by atoms with van der Waals surface area (Å²) in [5.41, 5.74) is 11.9. The number of aromatic nitrogens is 1. The average molecular weight is 742 g/mol. The average Bonchev–Trinajstić information content (AvgIpc) is 3.30. The maximum Gasteiger partial charge on any atom is 0.104 e. The van der Waals surface area contributed by atoms with E-state index in [4.69, 9.17) is 0 Å². The molecule has 3 heteroatoms. The Morgan fingerprint density at radius 3 is 1.53 bits per heavy atom. The van der Waals surface area contributed by atoms with Crippen LogP contribution in [-0.4, -0.2) is 4.98 Å². The van der Waals surface area contributed by atoms with Crippen molar-refractivity contribution in [1.82, 2.24) is 15.6 Å². The Balaban J connectivity index is 1.03. The van der Waals surface area contributed by atoms with Crippen LogP contribution in [0.3, 0.4) is 0 Å². The van der Waals surface area contributed by atoms with Crippen molar-refractivity contribution in [2.45, 2.75) is 12.2 Å². The summed E-state index contributed by atoms with van der Waals surface area (Å²) in [4.78, 5) is 4.34. The number of benzene rings is 9. The van der Waals surface area contributed by atoms with Crippen LogP contribution in [0.5, 0.6) is 0 Å². The van der Waals surface area contributed by atoms with Crippen LogP contribution < -0.4 is 10.6 Å². The van der Waals surface area contributed by atoms with Crippen LogP contribution in [-0.2, 0) is 0 Å². The Morgan fingerprint density at radius 1 is 0.379 bits per heavy atom. The maximum atomic E-state index is 4.34. The van der Waals surface area contributed by atoms with Gasteiger partial charge >= 0.3 is 0 Å². The third-order valence-electron chi connectivity index (χ3n) is 11.8. The summed E-state index contributed by atoms with van der Waals surface area (Å²) < 4.78 is 0. The normalized spacial score (nSPS) is 15.4. The SMILES string of the molecule is C1=C(c2ccc3ccccc3c2)NC(c2cccc(-c3c4ccccc4c(-c4ccc5ccccc5c4)c4ccccc34)c2)NC1c1ccc(-c2cccnc2)cc1. The molecule has 0 aliphatic carbocycles. The van der Waals surface area contributed by atoms with Gasteiger partial charge in [0.05, 0.1) is 6.04 Å².